The summed E-state index contributed by atoms with van der Waals surface area (Å²) in [5.74, 6) is 0. The van der Waals surface area contributed by atoms with Crippen LogP contribution in [0.5, 0.6) is 0 Å². The Morgan fingerprint density at radius 2 is 2.06 bits per heavy atom. The zero-order valence-electron chi connectivity index (χ0n) is 9.71. The average molecular weight is 310 g/mol. The minimum Gasteiger partial charge on any atom is -0.309 e. The quantitative estimate of drug-likeness (QED) is 0.867. The van der Waals surface area contributed by atoms with Crippen molar-refractivity contribution in [2.75, 3.05) is 0 Å². The summed E-state index contributed by atoms with van der Waals surface area (Å²) in [5, 5.41) is 5.03. The molecule has 90 valence electrons. The van der Waals surface area contributed by atoms with E-state index in [9.17, 15) is 0 Å². The predicted octanol–water partition coefficient (Wildman–Crippen LogP) is 4.70. The van der Waals surface area contributed by atoms with Gasteiger partial charge in [-0.3, -0.25) is 0 Å². The number of nitrogens with one attached hydrogen (secondary N) is 1. The smallest absolute Gasteiger partial charge is 0.0357 e. The third-order valence-electron chi connectivity index (χ3n) is 3.45. The Balaban J connectivity index is 1.72. The first kappa shape index (κ1) is 11.7. The Morgan fingerprint density at radius 1 is 1.24 bits per heavy atom. The first-order chi connectivity index (χ1) is 8.31. The van der Waals surface area contributed by atoms with Crippen LogP contribution in [0.4, 0.5) is 0 Å². The number of hydrogen-bond acceptors (Lipinski definition) is 2. The maximum Gasteiger partial charge on any atom is 0.0357 e. The Morgan fingerprint density at radius 3 is 2.88 bits per heavy atom. The molecule has 1 aromatic carbocycles. The SMILES string of the molecule is Brc1ccc2cc(CNC3CCCC3)sc2c1. The van der Waals surface area contributed by atoms with Gasteiger partial charge in [-0.1, -0.05) is 34.8 Å². The van der Waals surface area contributed by atoms with Gasteiger partial charge in [0, 0.05) is 26.6 Å². The van der Waals surface area contributed by atoms with Crippen LogP contribution in [-0.4, -0.2) is 6.04 Å². The van der Waals surface area contributed by atoms with E-state index >= 15 is 0 Å². The second-order valence-electron chi connectivity index (χ2n) is 4.76. The molecular formula is C14H16BrNS. The lowest BCUT2D eigenvalue weighted by Gasteiger charge is -2.09. The molecule has 0 saturated heterocycles. The number of hydrogen-bond donors (Lipinski definition) is 1. The second kappa shape index (κ2) is 5.09. The van der Waals surface area contributed by atoms with Gasteiger partial charge in [0.05, 0.1) is 0 Å². The van der Waals surface area contributed by atoms with E-state index in [1.807, 2.05) is 11.3 Å². The van der Waals surface area contributed by atoms with E-state index in [1.54, 1.807) is 0 Å². The molecule has 17 heavy (non-hydrogen) atoms. The standard InChI is InChI=1S/C14H16BrNS/c15-11-6-5-10-7-13(17-14(10)8-11)9-16-12-3-1-2-4-12/h5-8,12,16H,1-4,9H2. The zero-order valence-corrected chi connectivity index (χ0v) is 12.1. The van der Waals surface area contributed by atoms with Crippen LogP contribution in [0.3, 0.4) is 0 Å². The van der Waals surface area contributed by atoms with Crippen molar-refractivity contribution >= 4 is 37.4 Å². The minimum absolute atomic E-state index is 0.756. The molecule has 1 saturated carbocycles. The van der Waals surface area contributed by atoms with Crippen molar-refractivity contribution in [1.29, 1.82) is 0 Å². The Kier molecular flexibility index (Phi) is 3.50. The van der Waals surface area contributed by atoms with Gasteiger partial charge in [0.1, 0.15) is 0 Å². The van der Waals surface area contributed by atoms with Crippen molar-refractivity contribution in [3.8, 4) is 0 Å². The highest BCUT2D eigenvalue weighted by Gasteiger charge is 2.14. The third kappa shape index (κ3) is 2.72. The molecule has 0 amide bonds. The van der Waals surface area contributed by atoms with Gasteiger partial charge in [-0.2, -0.15) is 0 Å². The Hall–Kier alpha value is -0.380. The Labute approximate surface area is 114 Å². The topological polar surface area (TPSA) is 12.0 Å². The lowest BCUT2D eigenvalue weighted by molar-refractivity contribution is 0.527. The normalized spacial score (nSPS) is 17.0. The highest BCUT2D eigenvalue weighted by molar-refractivity contribution is 9.10. The fraction of sp³-hybridized carbons (Fsp3) is 0.429. The van der Waals surface area contributed by atoms with Crippen molar-refractivity contribution in [2.24, 2.45) is 0 Å². The van der Waals surface area contributed by atoms with Crippen molar-refractivity contribution < 1.29 is 0 Å². The molecule has 3 rings (SSSR count). The molecule has 0 aliphatic heterocycles. The van der Waals surface area contributed by atoms with E-state index in [0.717, 1.165) is 12.6 Å². The van der Waals surface area contributed by atoms with E-state index in [4.69, 9.17) is 0 Å². The molecule has 1 aliphatic rings. The molecule has 1 aromatic heterocycles. The van der Waals surface area contributed by atoms with Gasteiger partial charge >= 0.3 is 0 Å². The van der Waals surface area contributed by atoms with Crippen LogP contribution < -0.4 is 5.32 Å². The van der Waals surface area contributed by atoms with Crippen molar-refractivity contribution in [1.82, 2.24) is 5.32 Å². The van der Waals surface area contributed by atoms with Gasteiger partial charge < -0.3 is 5.32 Å². The van der Waals surface area contributed by atoms with E-state index < -0.39 is 0 Å². The molecule has 1 fully saturated rings. The van der Waals surface area contributed by atoms with E-state index in [1.165, 1.54) is 45.1 Å². The number of halogens is 1. The molecule has 0 unspecified atom stereocenters. The van der Waals surface area contributed by atoms with Crippen LogP contribution in [0.25, 0.3) is 10.1 Å². The molecule has 0 bridgehead atoms. The first-order valence-corrected chi connectivity index (χ1v) is 7.83. The van der Waals surface area contributed by atoms with Gasteiger partial charge in [-0.05, 0) is 36.4 Å². The van der Waals surface area contributed by atoms with E-state index in [-0.39, 0.29) is 0 Å². The fourth-order valence-corrected chi connectivity index (χ4v) is 4.09. The van der Waals surface area contributed by atoms with E-state index in [2.05, 4.69) is 45.5 Å². The monoisotopic (exact) mass is 309 g/mol. The average Bonchev–Trinajstić information content (AvgIpc) is 2.94. The fourth-order valence-electron chi connectivity index (χ4n) is 2.52. The summed E-state index contributed by atoms with van der Waals surface area (Å²) < 4.78 is 2.55. The van der Waals surface area contributed by atoms with Crippen molar-refractivity contribution in [2.45, 2.75) is 38.3 Å². The number of thiophene rings is 1. The second-order valence-corrected chi connectivity index (χ2v) is 6.84. The number of fused-ring (bicyclic) bond motifs is 1. The van der Waals surface area contributed by atoms with Gasteiger partial charge in [0.2, 0.25) is 0 Å². The summed E-state index contributed by atoms with van der Waals surface area (Å²) in [4.78, 5) is 1.45. The lowest BCUT2D eigenvalue weighted by Crippen LogP contribution is -2.24. The molecule has 0 spiro atoms. The highest BCUT2D eigenvalue weighted by Crippen LogP contribution is 2.28. The summed E-state index contributed by atoms with van der Waals surface area (Å²) in [7, 11) is 0. The summed E-state index contributed by atoms with van der Waals surface area (Å²) in [6, 6.07) is 9.58. The molecular weight excluding hydrogens is 294 g/mol. The van der Waals surface area contributed by atoms with Gasteiger partial charge in [-0.15, -0.1) is 11.3 Å². The third-order valence-corrected chi connectivity index (χ3v) is 5.04. The van der Waals surface area contributed by atoms with Crippen molar-refractivity contribution in [3.05, 3.63) is 33.6 Å². The molecule has 2 aromatic rings. The molecule has 0 radical (unpaired) electrons. The molecule has 1 N–H and O–H groups in total. The maximum absolute atomic E-state index is 3.67. The van der Waals surface area contributed by atoms with Crippen LogP contribution in [0, 0.1) is 0 Å². The Bertz CT molecular complexity index is 514. The summed E-state index contributed by atoms with van der Waals surface area (Å²) >= 11 is 5.43. The van der Waals surface area contributed by atoms with Crippen molar-refractivity contribution in [3.63, 3.8) is 0 Å². The van der Waals surface area contributed by atoms with Crippen LogP contribution in [-0.2, 0) is 6.54 Å². The molecule has 3 heteroatoms. The maximum atomic E-state index is 3.67. The molecule has 1 heterocycles. The largest absolute Gasteiger partial charge is 0.309 e. The van der Waals surface area contributed by atoms with Crippen LogP contribution in [0.1, 0.15) is 30.6 Å². The summed E-state index contributed by atoms with van der Waals surface area (Å²) in [5.41, 5.74) is 0. The molecule has 0 atom stereocenters. The molecule has 1 nitrogen and oxygen atoms in total. The van der Waals surface area contributed by atoms with Gasteiger partial charge in [-0.25, -0.2) is 0 Å². The number of rotatable bonds is 3. The number of benzene rings is 1. The van der Waals surface area contributed by atoms with Crippen LogP contribution in [0.2, 0.25) is 0 Å². The highest BCUT2D eigenvalue weighted by atomic mass is 79.9. The van der Waals surface area contributed by atoms with Gasteiger partial charge in [0.25, 0.3) is 0 Å². The first-order valence-electron chi connectivity index (χ1n) is 6.22. The zero-order chi connectivity index (χ0) is 11.7. The summed E-state index contributed by atoms with van der Waals surface area (Å²) in [6.45, 7) is 1.03. The lowest BCUT2D eigenvalue weighted by atomic mass is 10.2. The predicted molar refractivity (Wildman–Crippen MR) is 78.6 cm³/mol. The summed E-state index contributed by atoms with van der Waals surface area (Å²) in [6.07, 6.45) is 5.51. The van der Waals surface area contributed by atoms with Crippen LogP contribution >= 0.6 is 27.3 Å². The van der Waals surface area contributed by atoms with Crippen LogP contribution in [0.15, 0.2) is 28.7 Å². The van der Waals surface area contributed by atoms with E-state index in [0.29, 0.717) is 0 Å². The van der Waals surface area contributed by atoms with Gasteiger partial charge in [0.15, 0.2) is 0 Å². The molecule has 1 aliphatic carbocycles. The minimum atomic E-state index is 0.756.